The number of anilines is 1. The molecule has 112 valence electrons. The monoisotopic (exact) mass is 386 g/mol. The molecule has 1 aromatic rings. The largest absolute Gasteiger partial charge is 0.339 e. The lowest BCUT2D eigenvalue weighted by Gasteiger charge is -2.25. The standard InChI is InChI=1S/C14H15BrN2O2S2/c1-2-7-16-12-8-21(18,19)9-13(12)17(14(16)20)11-5-3-10(15)4-6-11/h2-6,12-13H,1,7-9H2/t12-,13+/m1/s1. The molecule has 2 aliphatic rings. The maximum Gasteiger partial charge on any atom is 0.177 e. The third kappa shape index (κ3) is 2.62. The van der Waals surface area contributed by atoms with E-state index in [9.17, 15) is 8.42 Å². The Morgan fingerprint density at radius 1 is 1.29 bits per heavy atom. The van der Waals surface area contributed by atoms with Crippen LogP contribution in [-0.4, -0.2) is 48.6 Å². The van der Waals surface area contributed by atoms with Crippen molar-refractivity contribution < 1.29 is 8.42 Å². The van der Waals surface area contributed by atoms with Crippen molar-refractivity contribution in [3.8, 4) is 0 Å². The van der Waals surface area contributed by atoms with Crippen LogP contribution in [0.3, 0.4) is 0 Å². The zero-order chi connectivity index (χ0) is 15.2. The predicted molar refractivity (Wildman–Crippen MR) is 92.4 cm³/mol. The first-order valence-electron chi connectivity index (χ1n) is 6.59. The number of hydrogen-bond donors (Lipinski definition) is 0. The van der Waals surface area contributed by atoms with Gasteiger partial charge >= 0.3 is 0 Å². The van der Waals surface area contributed by atoms with Crippen LogP contribution in [-0.2, 0) is 9.84 Å². The summed E-state index contributed by atoms with van der Waals surface area (Å²) < 4.78 is 25.0. The Labute approximate surface area is 138 Å². The zero-order valence-corrected chi connectivity index (χ0v) is 14.5. The molecule has 2 heterocycles. The SMILES string of the molecule is C=CCN1C(=S)N(c2ccc(Br)cc2)[C@H]2CS(=O)(=O)C[C@H]21. The van der Waals surface area contributed by atoms with E-state index < -0.39 is 9.84 Å². The van der Waals surface area contributed by atoms with Gasteiger partial charge in [0, 0.05) is 16.7 Å². The lowest BCUT2D eigenvalue weighted by atomic mass is 10.1. The lowest BCUT2D eigenvalue weighted by molar-refractivity contribution is 0.389. The highest BCUT2D eigenvalue weighted by atomic mass is 79.9. The molecule has 0 N–H and O–H groups in total. The molecule has 0 aliphatic carbocycles. The van der Waals surface area contributed by atoms with Gasteiger partial charge in [0.2, 0.25) is 0 Å². The summed E-state index contributed by atoms with van der Waals surface area (Å²) in [5.74, 6) is 0.320. The van der Waals surface area contributed by atoms with Crippen LogP contribution < -0.4 is 4.90 Å². The molecule has 3 rings (SSSR count). The molecule has 21 heavy (non-hydrogen) atoms. The van der Waals surface area contributed by atoms with Gasteiger partial charge in [-0.15, -0.1) is 6.58 Å². The maximum absolute atomic E-state index is 12.0. The predicted octanol–water partition coefficient (Wildman–Crippen LogP) is 2.21. The van der Waals surface area contributed by atoms with Crippen LogP contribution in [0.4, 0.5) is 5.69 Å². The first kappa shape index (κ1) is 15.0. The summed E-state index contributed by atoms with van der Waals surface area (Å²) >= 11 is 8.98. The number of fused-ring (bicyclic) bond motifs is 1. The summed E-state index contributed by atoms with van der Waals surface area (Å²) in [6.45, 7) is 4.32. The minimum absolute atomic E-state index is 0.0795. The molecule has 4 nitrogen and oxygen atoms in total. The molecule has 0 unspecified atom stereocenters. The third-order valence-corrected chi connectivity index (χ3v) is 6.57. The van der Waals surface area contributed by atoms with Gasteiger partial charge in [0.25, 0.3) is 0 Å². The molecule has 0 aromatic heterocycles. The Morgan fingerprint density at radius 3 is 2.52 bits per heavy atom. The number of nitrogens with zero attached hydrogens (tertiary/aromatic N) is 2. The maximum atomic E-state index is 12.0. The second kappa shape index (κ2) is 5.37. The Balaban J connectivity index is 2.01. The average Bonchev–Trinajstić information content (AvgIpc) is 2.84. The molecule has 0 radical (unpaired) electrons. The van der Waals surface area contributed by atoms with Crippen LogP contribution >= 0.6 is 28.1 Å². The molecule has 0 bridgehead atoms. The van der Waals surface area contributed by atoms with Crippen molar-refractivity contribution in [1.82, 2.24) is 4.90 Å². The second-order valence-corrected chi connectivity index (χ2v) is 8.72. The fourth-order valence-electron chi connectivity index (χ4n) is 3.03. The van der Waals surface area contributed by atoms with E-state index in [1.165, 1.54) is 0 Å². The van der Waals surface area contributed by atoms with E-state index in [1.807, 2.05) is 34.1 Å². The smallest absolute Gasteiger partial charge is 0.177 e. The fraction of sp³-hybridized carbons (Fsp3) is 0.357. The molecule has 0 amide bonds. The van der Waals surface area contributed by atoms with Crippen LogP contribution in [0.1, 0.15) is 0 Å². The van der Waals surface area contributed by atoms with E-state index in [-0.39, 0.29) is 23.6 Å². The number of thiocarbonyl (C=S) groups is 1. The highest BCUT2D eigenvalue weighted by molar-refractivity contribution is 9.10. The molecule has 0 spiro atoms. The quantitative estimate of drug-likeness (QED) is 0.588. The first-order chi connectivity index (χ1) is 9.93. The lowest BCUT2D eigenvalue weighted by Crippen LogP contribution is -2.37. The Kier molecular flexibility index (Phi) is 3.83. The number of halogens is 1. The van der Waals surface area contributed by atoms with Gasteiger partial charge in [0.05, 0.1) is 23.6 Å². The van der Waals surface area contributed by atoms with Gasteiger partial charge in [-0.25, -0.2) is 8.42 Å². The van der Waals surface area contributed by atoms with E-state index in [2.05, 4.69) is 22.5 Å². The second-order valence-electron chi connectivity index (χ2n) is 5.28. The van der Waals surface area contributed by atoms with E-state index >= 15 is 0 Å². The molecular weight excluding hydrogens is 372 g/mol. The summed E-state index contributed by atoms with van der Waals surface area (Å²) in [4.78, 5) is 3.94. The van der Waals surface area contributed by atoms with Gasteiger partial charge in [-0.3, -0.25) is 0 Å². The molecule has 2 aliphatic heterocycles. The molecule has 2 fully saturated rings. The summed E-state index contributed by atoms with van der Waals surface area (Å²) in [6, 6.07) is 7.60. The number of hydrogen-bond acceptors (Lipinski definition) is 3. The van der Waals surface area contributed by atoms with Gasteiger partial charge < -0.3 is 9.80 Å². The van der Waals surface area contributed by atoms with Gasteiger partial charge in [-0.05, 0) is 36.5 Å². The topological polar surface area (TPSA) is 40.6 Å². The van der Waals surface area contributed by atoms with Gasteiger partial charge in [0.1, 0.15) is 0 Å². The van der Waals surface area contributed by atoms with Crippen LogP contribution in [0.2, 0.25) is 0 Å². The van der Waals surface area contributed by atoms with E-state index in [0.29, 0.717) is 11.7 Å². The Hall–Kier alpha value is -0.920. The highest BCUT2D eigenvalue weighted by Crippen LogP contribution is 2.35. The fourth-order valence-corrected chi connectivity index (χ4v) is 5.70. The van der Waals surface area contributed by atoms with Crippen molar-refractivity contribution in [2.24, 2.45) is 0 Å². The van der Waals surface area contributed by atoms with Crippen LogP contribution in [0.5, 0.6) is 0 Å². The van der Waals surface area contributed by atoms with Gasteiger partial charge in [0.15, 0.2) is 14.9 Å². The van der Waals surface area contributed by atoms with Crippen molar-refractivity contribution in [3.63, 3.8) is 0 Å². The van der Waals surface area contributed by atoms with Crippen molar-refractivity contribution in [3.05, 3.63) is 41.4 Å². The van der Waals surface area contributed by atoms with E-state index in [4.69, 9.17) is 12.2 Å². The average molecular weight is 387 g/mol. The minimum atomic E-state index is -3.02. The Morgan fingerprint density at radius 2 is 1.90 bits per heavy atom. The molecule has 1 aromatic carbocycles. The number of rotatable bonds is 3. The molecule has 2 saturated heterocycles. The molecule has 2 atom stereocenters. The summed E-state index contributed by atoms with van der Waals surface area (Å²) in [6.07, 6.45) is 1.76. The summed E-state index contributed by atoms with van der Waals surface area (Å²) in [5, 5.41) is 0.683. The van der Waals surface area contributed by atoms with E-state index in [0.717, 1.165) is 10.2 Å². The molecular formula is C14H15BrN2O2S2. The van der Waals surface area contributed by atoms with Crippen molar-refractivity contribution >= 4 is 48.8 Å². The van der Waals surface area contributed by atoms with Gasteiger partial charge in [-0.1, -0.05) is 22.0 Å². The van der Waals surface area contributed by atoms with Crippen LogP contribution in [0, 0.1) is 0 Å². The number of sulfone groups is 1. The Bertz CT molecular complexity index is 687. The van der Waals surface area contributed by atoms with Crippen LogP contribution in [0.25, 0.3) is 0 Å². The van der Waals surface area contributed by atoms with Gasteiger partial charge in [-0.2, -0.15) is 0 Å². The third-order valence-electron chi connectivity index (χ3n) is 3.91. The van der Waals surface area contributed by atoms with E-state index in [1.54, 1.807) is 6.08 Å². The normalized spacial score (nSPS) is 27.0. The summed E-state index contributed by atoms with van der Waals surface area (Å²) in [5.41, 5.74) is 0.932. The van der Waals surface area contributed by atoms with Crippen LogP contribution in [0.15, 0.2) is 41.4 Å². The van der Waals surface area contributed by atoms with Crippen molar-refractivity contribution in [2.75, 3.05) is 23.0 Å². The van der Waals surface area contributed by atoms with Crippen molar-refractivity contribution in [1.29, 1.82) is 0 Å². The summed E-state index contributed by atoms with van der Waals surface area (Å²) in [7, 11) is -3.02. The minimum Gasteiger partial charge on any atom is -0.339 e. The molecule has 7 heteroatoms. The zero-order valence-electron chi connectivity index (χ0n) is 11.3. The first-order valence-corrected chi connectivity index (χ1v) is 9.62. The molecule has 0 saturated carbocycles. The number of benzene rings is 1. The highest BCUT2D eigenvalue weighted by Gasteiger charge is 2.51. The van der Waals surface area contributed by atoms with Crippen molar-refractivity contribution in [2.45, 2.75) is 12.1 Å².